The zero-order valence-corrected chi connectivity index (χ0v) is 21.3. The summed E-state index contributed by atoms with van der Waals surface area (Å²) >= 11 is 2.51. The number of methoxy groups -OCH3 is 1. The average molecular weight is 512 g/mol. The smallest absolute Gasteiger partial charge is 0.267 e. The SMILES string of the molecule is COc1ccc2nc(NC(=O)c3sc4ncn(CC(=O)N5CCCCC5C)c(=O)c4c3C)sc2c1. The summed E-state index contributed by atoms with van der Waals surface area (Å²) < 4.78 is 7.48. The van der Waals surface area contributed by atoms with Crippen LogP contribution in [0.2, 0.25) is 0 Å². The second-order valence-electron chi connectivity index (χ2n) is 8.65. The van der Waals surface area contributed by atoms with E-state index in [0.29, 0.717) is 32.3 Å². The molecule has 0 spiro atoms. The molecular weight excluding hydrogens is 486 g/mol. The number of hydrogen-bond acceptors (Lipinski definition) is 8. The third kappa shape index (κ3) is 4.41. The number of amides is 2. The minimum atomic E-state index is -0.347. The van der Waals surface area contributed by atoms with Crippen LogP contribution in [0, 0.1) is 6.92 Å². The third-order valence-electron chi connectivity index (χ3n) is 6.37. The number of thiophene rings is 1. The van der Waals surface area contributed by atoms with Crippen LogP contribution >= 0.6 is 22.7 Å². The van der Waals surface area contributed by atoms with Gasteiger partial charge < -0.3 is 9.64 Å². The van der Waals surface area contributed by atoms with E-state index in [0.717, 1.165) is 46.6 Å². The summed E-state index contributed by atoms with van der Waals surface area (Å²) in [6.07, 6.45) is 4.47. The molecule has 0 aliphatic carbocycles. The van der Waals surface area contributed by atoms with Crippen molar-refractivity contribution in [2.24, 2.45) is 0 Å². The van der Waals surface area contributed by atoms with Crippen molar-refractivity contribution in [1.29, 1.82) is 0 Å². The van der Waals surface area contributed by atoms with Gasteiger partial charge in [0, 0.05) is 12.6 Å². The van der Waals surface area contributed by atoms with Gasteiger partial charge in [-0.3, -0.25) is 24.3 Å². The Morgan fingerprint density at radius 1 is 1.26 bits per heavy atom. The largest absolute Gasteiger partial charge is 0.497 e. The Morgan fingerprint density at radius 2 is 2.09 bits per heavy atom. The molecule has 2 amide bonds. The van der Waals surface area contributed by atoms with Crippen LogP contribution in [0.3, 0.4) is 0 Å². The van der Waals surface area contributed by atoms with Gasteiger partial charge in [0.1, 0.15) is 17.1 Å². The fourth-order valence-electron chi connectivity index (χ4n) is 4.43. The molecule has 0 saturated carbocycles. The van der Waals surface area contributed by atoms with E-state index in [2.05, 4.69) is 15.3 Å². The Hall–Kier alpha value is -3.31. The molecular formula is C24H25N5O4S2. The molecule has 9 nitrogen and oxygen atoms in total. The number of hydrogen-bond donors (Lipinski definition) is 1. The monoisotopic (exact) mass is 511 g/mol. The van der Waals surface area contributed by atoms with E-state index >= 15 is 0 Å². The lowest BCUT2D eigenvalue weighted by molar-refractivity contribution is -0.135. The molecule has 35 heavy (non-hydrogen) atoms. The number of ether oxygens (including phenoxy) is 1. The summed E-state index contributed by atoms with van der Waals surface area (Å²) in [5.74, 6) is 0.286. The van der Waals surface area contributed by atoms with Crippen molar-refractivity contribution >= 4 is 60.1 Å². The van der Waals surface area contributed by atoms with Crippen molar-refractivity contribution in [1.82, 2.24) is 19.4 Å². The van der Waals surface area contributed by atoms with Crippen molar-refractivity contribution in [3.63, 3.8) is 0 Å². The fraction of sp³-hybridized carbons (Fsp3) is 0.375. The highest BCUT2D eigenvalue weighted by atomic mass is 32.1. The second-order valence-corrected chi connectivity index (χ2v) is 10.7. The van der Waals surface area contributed by atoms with Gasteiger partial charge in [-0.1, -0.05) is 11.3 Å². The van der Waals surface area contributed by atoms with Crippen LogP contribution in [0.5, 0.6) is 5.75 Å². The quantitative estimate of drug-likeness (QED) is 0.434. The molecule has 1 saturated heterocycles. The molecule has 1 aromatic carbocycles. The normalized spacial score (nSPS) is 16.1. The van der Waals surface area contributed by atoms with Crippen LogP contribution in [-0.2, 0) is 11.3 Å². The average Bonchev–Trinajstić information content (AvgIpc) is 3.40. The van der Waals surface area contributed by atoms with E-state index < -0.39 is 0 Å². The van der Waals surface area contributed by atoms with Gasteiger partial charge in [0.05, 0.1) is 33.9 Å². The lowest BCUT2D eigenvalue weighted by Crippen LogP contribution is -2.44. The van der Waals surface area contributed by atoms with Crippen molar-refractivity contribution in [2.45, 2.75) is 45.7 Å². The Morgan fingerprint density at radius 3 is 2.86 bits per heavy atom. The first kappa shape index (κ1) is 23.4. The Balaban J connectivity index is 1.40. The molecule has 1 fully saturated rings. The van der Waals surface area contributed by atoms with Gasteiger partial charge in [-0.25, -0.2) is 9.97 Å². The zero-order chi connectivity index (χ0) is 24.7. The van der Waals surface area contributed by atoms with E-state index in [1.54, 1.807) is 14.0 Å². The second kappa shape index (κ2) is 9.38. The highest BCUT2D eigenvalue weighted by Crippen LogP contribution is 2.31. The maximum atomic E-state index is 13.2. The number of nitrogens with one attached hydrogen (secondary N) is 1. The molecule has 0 bridgehead atoms. The summed E-state index contributed by atoms with van der Waals surface area (Å²) in [5, 5.41) is 3.67. The lowest BCUT2D eigenvalue weighted by atomic mass is 10.0. The molecule has 0 radical (unpaired) electrons. The minimum Gasteiger partial charge on any atom is -0.497 e. The standard InChI is InChI=1S/C24H25N5O4S2/c1-13-6-4-5-9-29(13)18(30)11-28-12-25-22-19(23(28)32)14(2)20(35-22)21(31)27-24-26-16-8-7-15(33-3)10-17(16)34-24/h7-8,10,12-13H,4-6,9,11H2,1-3H3,(H,26,27,31). The molecule has 5 rings (SSSR count). The zero-order valence-electron chi connectivity index (χ0n) is 19.7. The number of benzene rings is 1. The molecule has 4 aromatic rings. The lowest BCUT2D eigenvalue weighted by Gasteiger charge is -2.33. The van der Waals surface area contributed by atoms with Crippen molar-refractivity contribution < 1.29 is 14.3 Å². The van der Waals surface area contributed by atoms with Gasteiger partial charge in [0.2, 0.25) is 5.91 Å². The maximum Gasteiger partial charge on any atom is 0.267 e. The van der Waals surface area contributed by atoms with Crippen LogP contribution in [0.25, 0.3) is 20.4 Å². The molecule has 1 unspecified atom stereocenters. The number of aromatic nitrogens is 3. The number of rotatable bonds is 5. The number of nitrogens with zero attached hydrogens (tertiary/aromatic N) is 4. The molecule has 1 N–H and O–H groups in total. The maximum absolute atomic E-state index is 13.2. The number of thiazole rings is 1. The van der Waals surface area contributed by atoms with E-state index in [9.17, 15) is 14.4 Å². The Bertz CT molecular complexity index is 1510. The molecule has 3 aromatic heterocycles. The van der Waals surface area contributed by atoms with Crippen LogP contribution in [0.4, 0.5) is 5.13 Å². The number of likely N-dealkylation sites (tertiary alicyclic amines) is 1. The topological polar surface area (TPSA) is 106 Å². The number of aryl methyl sites for hydroxylation is 1. The van der Waals surface area contributed by atoms with Gasteiger partial charge in [0.15, 0.2) is 5.13 Å². The molecule has 4 heterocycles. The number of carbonyl (C=O) groups is 2. The predicted molar refractivity (Wildman–Crippen MR) is 138 cm³/mol. The first-order chi connectivity index (χ1) is 16.9. The Labute approximate surface area is 209 Å². The van der Waals surface area contributed by atoms with Crippen molar-refractivity contribution in [2.75, 3.05) is 19.0 Å². The van der Waals surface area contributed by atoms with Crippen LogP contribution in [0.1, 0.15) is 41.4 Å². The molecule has 1 aliphatic rings. The summed E-state index contributed by atoms with van der Waals surface area (Å²) in [5.41, 5.74) is 1.00. The number of carbonyl (C=O) groups excluding carboxylic acids is 2. The van der Waals surface area contributed by atoms with E-state index in [1.807, 2.05) is 30.0 Å². The van der Waals surface area contributed by atoms with Crippen LogP contribution in [-0.4, -0.2) is 50.9 Å². The summed E-state index contributed by atoms with van der Waals surface area (Å²) in [6.45, 7) is 4.43. The van der Waals surface area contributed by atoms with E-state index in [-0.39, 0.29) is 30.0 Å². The summed E-state index contributed by atoms with van der Waals surface area (Å²) in [6, 6.07) is 5.69. The first-order valence-corrected chi connectivity index (χ1v) is 13.0. The van der Waals surface area contributed by atoms with Gasteiger partial charge in [0.25, 0.3) is 11.5 Å². The molecule has 1 atom stereocenters. The van der Waals surface area contributed by atoms with Crippen LogP contribution in [0.15, 0.2) is 29.3 Å². The number of piperidine rings is 1. The third-order valence-corrected chi connectivity index (χ3v) is 8.50. The van der Waals surface area contributed by atoms with Gasteiger partial charge in [-0.05, 0) is 56.9 Å². The fourth-order valence-corrected chi connectivity index (χ4v) is 6.36. The predicted octanol–water partition coefficient (Wildman–Crippen LogP) is 4.04. The number of anilines is 1. The molecule has 11 heteroatoms. The van der Waals surface area contributed by atoms with Gasteiger partial charge in [-0.15, -0.1) is 11.3 Å². The van der Waals surface area contributed by atoms with Crippen LogP contribution < -0.4 is 15.6 Å². The van der Waals surface area contributed by atoms with Gasteiger partial charge >= 0.3 is 0 Å². The van der Waals surface area contributed by atoms with E-state index in [4.69, 9.17) is 4.74 Å². The van der Waals surface area contributed by atoms with Crippen molar-refractivity contribution in [3.05, 3.63) is 45.3 Å². The Kier molecular flexibility index (Phi) is 6.28. The molecule has 182 valence electrons. The first-order valence-electron chi connectivity index (χ1n) is 11.4. The molecule has 1 aliphatic heterocycles. The summed E-state index contributed by atoms with van der Waals surface area (Å²) in [4.78, 5) is 50.7. The highest BCUT2D eigenvalue weighted by molar-refractivity contribution is 7.23. The van der Waals surface area contributed by atoms with Crippen molar-refractivity contribution in [3.8, 4) is 5.75 Å². The van der Waals surface area contributed by atoms with E-state index in [1.165, 1.54) is 22.2 Å². The minimum absolute atomic E-state index is 0.0574. The van der Waals surface area contributed by atoms with Gasteiger partial charge in [-0.2, -0.15) is 0 Å². The highest BCUT2D eigenvalue weighted by Gasteiger charge is 2.25. The number of fused-ring (bicyclic) bond motifs is 2. The summed E-state index contributed by atoms with van der Waals surface area (Å²) in [7, 11) is 1.60.